The van der Waals surface area contributed by atoms with Crippen molar-refractivity contribution < 1.29 is 4.74 Å². The van der Waals surface area contributed by atoms with E-state index in [9.17, 15) is 0 Å². The second-order valence-corrected chi connectivity index (χ2v) is 6.03. The molecule has 3 nitrogen and oxygen atoms in total. The van der Waals surface area contributed by atoms with Gasteiger partial charge >= 0.3 is 0 Å². The predicted octanol–water partition coefficient (Wildman–Crippen LogP) is 4.09. The van der Waals surface area contributed by atoms with Gasteiger partial charge in [0.1, 0.15) is 0 Å². The first-order chi connectivity index (χ1) is 10.1. The van der Waals surface area contributed by atoms with Crippen LogP contribution in [0.2, 0.25) is 0 Å². The fourth-order valence-corrected chi connectivity index (χ4v) is 2.64. The highest BCUT2D eigenvalue weighted by Gasteiger charge is 2.21. The molecule has 0 radical (unpaired) electrons. The molecule has 0 aliphatic heterocycles. The normalized spacial score (nSPS) is 13.5. The third-order valence-electron chi connectivity index (χ3n) is 4.09. The van der Waals surface area contributed by atoms with E-state index in [4.69, 9.17) is 4.74 Å². The summed E-state index contributed by atoms with van der Waals surface area (Å²) in [6.07, 6.45) is 3.91. The van der Waals surface area contributed by atoms with E-state index in [0.717, 1.165) is 24.9 Å². The molecule has 2 rings (SSSR count). The molecule has 0 fully saturated rings. The van der Waals surface area contributed by atoms with Crippen molar-refractivity contribution >= 4 is 10.9 Å². The summed E-state index contributed by atoms with van der Waals surface area (Å²) in [4.78, 5) is 4.46. The zero-order chi connectivity index (χ0) is 15.3. The summed E-state index contributed by atoms with van der Waals surface area (Å²) in [5.41, 5.74) is 2.30. The zero-order valence-electron chi connectivity index (χ0n) is 13.5. The standard InChI is InChI=1S/C18H26N2O/c1-5-19-17(11-12-18(2,3)21-4)14-8-6-10-16-15(14)9-7-13-20-16/h6-10,13,17,19H,5,11-12H2,1-4H3. The number of nitrogens with one attached hydrogen (secondary N) is 1. The molecule has 0 bridgehead atoms. The Kier molecular flexibility index (Phi) is 5.32. The summed E-state index contributed by atoms with van der Waals surface area (Å²) in [6.45, 7) is 7.38. The van der Waals surface area contributed by atoms with Crippen molar-refractivity contribution in [2.45, 2.75) is 45.3 Å². The lowest BCUT2D eigenvalue weighted by atomic mass is 9.93. The zero-order valence-corrected chi connectivity index (χ0v) is 13.5. The van der Waals surface area contributed by atoms with Crippen LogP contribution < -0.4 is 5.32 Å². The molecule has 0 aliphatic rings. The summed E-state index contributed by atoms with van der Waals surface area (Å²) < 4.78 is 5.55. The van der Waals surface area contributed by atoms with Crippen molar-refractivity contribution in [1.29, 1.82) is 0 Å². The van der Waals surface area contributed by atoms with Gasteiger partial charge in [-0.3, -0.25) is 4.98 Å². The smallest absolute Gasteiger partial charge is 0.0705 e. The Labute approximate surface area is 127 Å². The molecular formula is C18H26N2O. The van der Waals surface area contributed by atoms with E-state index in [-0.39, 0.29) is 5.60 Å². The van der Waals surface area contributed by atoms with Gasteiger partial charge in [0.25, 0.3) is 0 Å². The maximum Gasteiger partial charge on any atom is 0.0705 e. The quantitative estimate of drug-likeness (QED) is 0.832. The van der Waals surface area contributed by atoms with E-state index in [1.54, 1.807) is 7.11 Å². The van der Waals surface area contributed by atoms with Gasteiger partial charge < -0.3 is 10.1 Å². The van der Waals surface area contributed by atoms with Crippen molar-refractivity contribution in [2.75, 3.05) is 13.7 Å². The summed E-state index contributed by atoms with van der Waals surface area (Å²) >= 11 is 0. The number of hydrogen-bond acceptors (Lipinski definition) is 3. The molecule has 0 spiro atoms. The van der Waals surface area contributed by atoms with E-state index < -0.39 is 0 Å². The van der Waals surface area contributed by atoms with Crippen molar-refractivity contribution in [2.24, 2.45) is 0 Å². The van der Waals surface area contributed by atoms with Crippen LogP contribution in [0.5, 0.6) is 0 Å². The van der Waals surface area contributed by atoms with Gasteiger partial charge in [0.2, 0.25) is 0 Å². The fourth-order valence-electron chi connectivity index (χ4n) is 2.64. The molecule has 1 atom stereocenters. The topological polar surface area (TPSA) is 34.1 Å². The molecule has 21 heavy (non-hydrogen) atoms. The summed E-state index contributed by atoms with van der Waals surface area (Å²) in [5.74, 6) is 0. The first-order valence-electron chi connectivity index (χ1n) is 7.69. The SMILES string of the molecule is CCNC(CCC(C)(C)OC)c1cccc2ncccc12. The average Bonchev–Trinajstić information content (AvgIpc) is 2.51. The highest BCUT2D eigenvalue weighted by atomic mass is 16.5. The van der Waals surface area contributed by atoms with E-state index >= 15 is 0 Å². The Balaban J connectivity index is 2.28. The molecule has 0 saturated carbocycles. The van der Waals surface area contributed by atoms with Gasteiger partial charge in [0.05, 0.1) is 11.1 Å². The lowest BCUT2D eigenvalue weighted by Gasteiger charge is -2.27. The maximum absolute atomic E-state index is 5.55. The van der Waals surface area contributed by atoms with E-state index in [0.29, 0.717) is 6.04 Å². The Bertz CT molecular complexity index is 575. The fraction of sp³-hybridized carbons (Fsp3) is 0.500. The van der Waals surface area contributed by atoms with E-state index in [1.807, 2.05) is 12.3 Å². The van der Waals surface area contributed by atoms with Gasteiger partial charge in [0, 0.05) is 24.7 Å². The number of hydrogen-bond donors (Lipinski definition) is 1. The molecule has 0 amide bonds. The Morgan fingerprint density at radius 3 is 2.76 bits per heavy atom. The van der Waals surface area contributed by atoms with Gasteiger partial charge in [0.15, 0.2) is 0 Å². The van der Waals surface area contributed by atoms with E-state index in [2.05, 4.69) is 55.3 Å². The Morgan fingerprint density at radius 2 is 2.05 bits per heavy atom. The molecule has 3 heteroatoms. The van der Waals surface area contributed by atoms with Gasteiger partial charge in [-0.1, -0.05) is 25.1 Å². The number of nitrogens with zero attached hydrogens (tertiary/aromatic N) is 1. The second-order valence-electron chi connectivity index (χ2n) is 6.03. The first-order valence-corrected chi connectivity index (χ1v) is 7.69. The lowest BCUT2D eigenvalue weighted by molar-refractivity contribution is 0.0117. The van der Waals surface area contributed by atoms with Crippen LogP contribution in [-0.2, 0) is 4.74 Å². The molecule has 1 heterocycles. The van der Waals surface area contributed by atoms with Crippen molar-refractivity contribution in [1.82, 2.24) is 10.3 Å². The Morgan fingerprint density at radius 1 is 1.24 bits per heavy atom. The molecular weight excluding hydrogens is 260 g/mol. The monoisotopic (exact) mass is 286 g/mol. The third kappa shape index (κ3) is 4.02. The molecule has 0 saturated heterocycles. The number of aromatic nitrogens is 1. The number of benzene rings is 1. The highest BCUT2D eigenvalue weighted by molar-refractivity contribution is 5.82. The van der Waals surface area contributed by atoms with Crippen LogP contribution in [0.4, 0.5) is 0 Å². The molecule has 1 unspecified atom stereocenters. The van der Waals surface area contributed by atoms with Crippen molar-refractivity contribution in [3.63, 3.8) is 0 Å². The van der Waals surface area contributed by atoms with Crippen LogP contribution in [0.15, 0.2) is 36.5 Å². The molecule has 1 aromatic carbocycles. The predicted molar refractivity (Wildman–Crippen MR) is 88.5 cm³/mol. The van der Waals surface area contributed by atoms with Gasteiger partial charge in [-0.25, -0.2) is 0 Å². The van der Waals surface area contributed by atoms with Gasteiger partial charge in [-0.15, -0.1) is 0 Å². The Hall–Kier alpha value is -1.45. The molecule has 0 aliphatic carbocycles. The summed E-state index contributed by atoms with van der Waals surface area (Å²) in [5, 5.41) is 4.84. The van der Waals surface area contributed by atoms with Crippen molar-refractivity contribution in [3.8, 4) is 0 Å². The number of fused-ring (bicyclic) bond motifs is 1. The van der Waals surface area contributed by atoms with Crippen molar-refractivity contribution in [3.05, 3.63) is 42.1 Å². The molecule has 2 aromatic rings. The largest absolute Gasteiger partial charge is 0.379 e. The summed E-state index contributed by atoms with van der Waals surface area (Å²) in [6, 6.07) is 10.9. The molecule has 114 valence electrons. The average molecular weight is 286 g/mol. The molecule has 1 N–H and O–H groups in total. The van der Waals surface area contributed by atoms with Crippen LogP contribution in [0.25, 0.3) is 10.9 Å². The molecule has 1 aromatic heterocycles. The number of methoxy groups -OCH3 is 1. The summed E-state index contributed by atoms with van der Waals surface area (Å²) in [7, 11) is 1.78. The van der Waals surface area contributed by atoms with Gasteiger partial charge in [-0.05, 0) is 50.9 Å². The number of pyridine rings is 1. The van der Waals surface area contributed by atoms with E-state index in [1.165, 1.54) is 10.9 Å². The third-order valence-corrected chi connectivity index (χ3v) is 4.09. The maximum atomic E-state index is 5.55. The first kappa shape index (κ1) is 15.9. The van der Waals surface area contributed by atoms with Crippen LogP contribution in [-0.4, -0.2) is 24.2 Å². The van der Waals surface area contributed by atoms with Gasteiger partial charge in [-0.2, -0.15) is 0 Å². The minimum absolute atomic E-state index is 0.0868. The van der Waals surface area contributed by atoms with Crippen LogP contribution in [0, 0.1) is 0 Å². The second kappa shape index (κ2) is 7.01. The minimum Gasteiger partial charge on any atom is -0.379 e. The number of rotatable bonds is 7. The van der Waals surface area contributed by atoms with Crippen LogP contribution in [0.1, 0.15) is 45.2 Å². The highest BCUT2D eigenvalue weighted by Crippen LogP contribution is 2.29. The minimum atomic E-state index is -0.0868. The lowest BCUT2D eigenvalue weighted by Crippen LogP contribution is -2.27. The van der Waals surface area contributed by atoms with Crippen LogP contribution in [0.3, 0.4) is 0 Å². The number of ether oxygens (including phenoxy) is 1. The van der Waals surface area contributed by atoms with Crippen LogP contribution >= 0.6 is 0 Å².